The maximum atomic E-state index is 13.6. The van der Waals surface area contributed by atoms with Crippen LogP contribution in [-0.4, -0.2) is 20.7 Å². The molecule has 1 unspecified atom stereocenters. The lowest BCUT2D eigenvalue weighted by molar-refractivity contribution is 0.504. The van der Waals surface area contributed by atoms with Crippen molar-refractivity contribution in [2.75, 3.05) is 0 Å². The lowest BCUT2D eigenvalue weighted by Crippen LogP contribution is -2.38. The molecule has 2 aromatic heterocycles. The summed E-state index contributed by atoms with van der Waals surface area (Å²) in [6.45, 7) is 4.68. The van der Waals surface area contributed by atoms with E-state index in [0.717, 1.165) is 22.6 Å². The highest BCUT2D eigenvalue weighted by Crippen LogP contribution is 2.16. The quantitative estimate of drug-likeness (QED) is 0.286. The van der Waals surface area contributed by atoms with Gasteiger partial charge in [0.25, 0.3) is 0 Å². The Morgan fingerprint density at radius 2 is 2.03 bits per heavy atom. The number of aryl methyl sites for hydroxylation is 1. The first-order valence-corrected chi connectivity index (χ1v) is 9.69. The van der Waals surface area contributed by atoms with Crippen molar-refractivity contribution in [1.29, 1.82) is 0 Å². The van der Waals surface area contributed by atoms with Crippen LogP contribution in [0.5, 0.6) is 0 Å². The van der Waals surface area contributed by atoms with Crippen LogP contribution in [0.4, 0.5) is 8.78 Å². The second-order valence-electron chi connectivity index (χ2n) is 6.36. The molecule has 156 valence electrons. The molecule has 29 heavy (non-hydrogen) atoms. The Bertz CT molecular complexity index is 958. The zero-order valence-corrected chi connectivity index (χ0v) is 19.5. The van der Waals surface area contributed by atoms with Crippen molar-refractivity contribution < 1.29 is 8.78 Å². The van der Waals surface area contributed by atoms with E-state index >= 15 is 0 Å². The number of rotatable bonds is 6. The second kappa shape index (κ2) is 10.6. The maximum Gasteiger partial charge on any atom is 0.192 e. The molecule has 1 atom stereocenters. The fraction of sp³-hybridized carbons (Fsp3) is 0.316. The summed E-state index contributed by atoms with van der Waals surface area (Å²) < 4.78 is 28.6. The van der Waals surface area contributed by atoms with Crippen LogP contribution in [0.15, 0.2) is 40.7 Å². The lowest BCUT2D eigenvalue weighted by atomic mass is 10.1. The van der Waals surface area contributed by atoms with E-state index in [2.05, 4.69) is 25.8 Å². The predicted octanol–water partition coefficient (Wildman–Crippen LogP) is 4.08. The number of hydrogen-bond donors (Lipinski definition) is 2. The maximum absolute atomic E-state index is 13.6. The Balaban J connectivity index is 0.00000300. The Morgan fingerprint density at radius 3 is 2.66 bits per heavy atom. The smallest absolute Gasteiger partial charge is 0.192 e. The van der Waals surface area contributed by atoms with Gasteiger partial charge in [0.1, 0.15) is 12.4 Å². The molecule has 2 heterocycles. The molecule has 0 aliphatic heterocycles. The summed E-state index contributed by atoms with van der Waals surface area (Å²) in [5.74, 6) is 0.354. The summed E-state index contributed by atoms with van der Waals surface area (Å²) in [6.07, 6.45) is 0. The van der Waals surface area contributed by atoms with E-state index in [4.69, 9.17) is 0 Å². The Kier molecular flexibility index (Phi) is 8.50. The molecule has 0 amide bonds. The number of aliphatic imine (C=N–C) groups is 1. The molecule has 6 nitrogen and oxygen atoms in total. The molecule has 2 N–H and O–H groups in total. The molecule has 10 heteroatoms. The minimum absolute atomic E-state index is 0. The van der Waals surface area contributed by atoms with E-state index < -0.39 is 11.6 Å². The SMILES string of the molecule is Cc1nnc(CN=C(NCc2cccs2)NC(C)c2ccc(F)c(F)c2)n1C.I. The zero-order chi connectivity index (χ0) is 20.1. The number of benzene rings is 1. The summed E-state index contributed by atoms with van der Waals surface area (Å²) >= 11 is 1.64. The molecule has 3 rings (SSSR count). The molecular formula is C19H23F2IN6S. The Morgan fingerprint density at radius 1 is 1.24 bits per heavy atom. The Hall–Kier alpha value is -2.08. The molecule has 0 aliphatic rings. The van der Waals surface area contributed by atoms with Gasteiger partial charge in [-0.25, -0.2) is 13.8 Å². The lowest BCUT2D eigenvalue weighted by Gasteiger charge is -2.19. The van der Waals surface area contributed by atoms with Gasteiger partial charge < -0.3 is 15.2 Å². The van der Waals surface area contributed by atoms with E-state index in [0.29, 0.717) is 24.6 Å². The van der Waals surface area contributed by atoms with Crippen LogP contribution in [0, 0.1) is 18.6 Å². The van der Waals surface area contributed by atoms with Gasteiger partial charge in [-0.05, 0) is 43.0 Å². The van der Waals surface area contributed by atoms with E-state index in [-0.39, 0.29) is 30.0 Å². The van der Waals surface area contributed by atoms with Crippen molar-refractivity contribution in [2.45, 2.75) is 33.0 Å². The number of nitrogens with zero attached hydrogens (tertiary/aromatic N) is 4. The van der Waals surface area contributed by atoms with Crippen molar-refractivity contribution in [2.24, 2.45) is 12.0 Å². The van der Waals surface area contributed by atoms with E-state index in [1.165, 1.54) is 6.07 Å². The van der Waals surface area contributed by atoms with Gasteiger partial charge in [-0.15, -0.1) is 45.5 Å². The summed E-state index contributed by atoms with van der Waals surface area (Å²) in [5, 5.41) is 16.7. The summed E-state index contributed by atoms with van der Waals surface area (Å²) in [6, 6.07) is 7.61. The topological polar surface area (TPSA) is 67.1 Å². The van der Waals surface area contributed by atoms with E-state index in [9.17, 15) is 8.78 Å². The van der Waals surface area contributed by atoms with Gasteiger partial charge >= 0.3 is 0 Å². The van der Waals surface area contributed by atoms with Crippen LogP contribution >= 0.6 is 35.3 Å². The van der Waals surface area contributed by atoms with Crippen LogP contribution in [0.2, 0.25) is 0 Å². The molecule has 0 saturated heterocycles. The highest BCUT2D eigenvalue weighted by atomic mass is 127. The van der Waals surface area contributed by atoms with Gasteiger partial charge in [-0.2, -0.15) is 0 Å². The first-order valence-electron chi connectivity index (χ1n) is 8.81. The molecular weight excluding hydrogens is 509 g/mol. The van der Waals surface area contributed by atoms with Crippen LogP contribution in [0.25, 0.3) is 0 Å². The molecule has 0 spiro atoms. The molecule has 0 bridgehead atoms. The minimum atomic E-state index is -0.870. The number of thiophene rings is 1. The van der Waals surface area contributed by atoms with Gasteiger partial charge in [0.05, 0.1) is 12.6 Å². The average molecular weight is 532 g/mol. The normalized spacial score (nSPS) is 12.4. The third-order valence-corrected chi connectivity index (χ3v) is 5.24. The Labute approximate surface area is 189 Å². The molecule has 0 aliphatic carbocycles. The minimum Gasteiger partial charge on any atom is -0.351 e. The molecule has 0 radical (unpaired) electrons. The first kappa shape index (κ1) is 23.2. The van der Waals surface area contributed by atoms with E-state index in [1.54, 1.807) is 17.4 Å². The average Bonchev–Trinajstić information content (AvgIpc) is 3.31. The standard InChI is InChI=1S/C19H22F2N6S.HI/c1-12(14-6-7-16(20)17(21)9-14)24-19(22-10-15-5-4-8-28-15)23-11-18-26-25-13(2)27(18)3;/h4-9,12H,10-11H2,1-3H3,(H2,22,23,24);1H. The fourth-order valence-corrected chi connectivity index (χ4v) is 3.19. The molecule has 0 saturated carbocycles. The molecule has 0 fully saturated rings. The monoisotopic (exact) mass is 532 g/mol. The number of hydrogen-bond acceptors (Lipinski definition) is 4. The third kappa shape index (κ3) is 6.20. The summed E-state index contributed by atoms with van der Waals surface area (Å²) in [5.41, 5.74) is 0.624. The zero-order valence-electron chi connectivity index (χ0n) is 16.3. The van der Waals surface area contributed by atoms with Gasteiger partial charge in [0, 0.05) is 11.9 Å². The van der Waals surface area contributed by atoms with Gasteiger partial charge in [0.2, 0.25) is 0 Å². The van der Waals surface area contributed by atoms with Crippen LogP contribution < -0.4 is 10.6 Å². The predicted molar refractivity (Wildman–Crippen MR) is 121 cm³/mol. The van der Waals surface area contributed by atoms with Crippen molar-refractivity contribution in [3.05, 3.63) is 69.4 Å². The fourth-order valence-electron chi connectivity index (χ4n) is 2.55. The van der Waals surface area contributed by atoms with Crippen LogP contribution in [0.1, 0.15) is 35.1 Å². The highest BCUT2D eigenvalue weighted by Gasteiger charge is 2.12. The third-order valence-electron chi connectivity index (χ3n) is 4.37. The number of nitrogens with one attached hydrogen (secondary N) is 2. The highest BCUT2D eigenvalue weighted by molar-refractivity contribution is 14.0. The van der Waals surface area contributed by atoms with Crippen molar-refractivity contribution >= 4 is 41.3 Å². The summed E-state index contributed by atoms with van der Waals surface area (Å²) in [7, 11) is 1.89. The van der Waals surface area contributed by atoms with Gasteiger partial charge in [-0.1, -0.05) is 12.1 Å². The van der Waals surface area contributed by atoms with Crippen LogP contribution in [-0.2, 0) is 20.1 Å². The first-order chi connectivity index (χ1) is 13.4. The van der Waals surface area contributed by atoms with Crippen LogP contribution in [0.3, 0.4) is 0 Å². The number of halogens is 3. The van der Waals surface area contributed by atoms with Crippen molar-refractivity contribution in [1.82, 2.24) is 25.4 Å². The summed E-state index contributed by atoms with van der Waals surface area (Å²) in [4.78, 5) is 5.74. The largest absolute Gasteiger partial charge is 0.351 e. The van der Waals surface area contributed by atoms with Crippen molar-refractivity contribution in [3.8, 4) is 0 Å². The second-order valence-corrected chi connectivity index (χ2v) is 7.39. The van der Waals surface area contributed by atoms with Crippen molar-refractivity contribution in [3.63, 3.8) is 0 Å². The van der Waals surface area contributed by atoms with Gasteiger partial charge in [-0.3, -0.25) is 0 Å². The van der Waals surface area contributed by atoms with E-state index in [1.807, 2.05) is 43.0 Å². The van der Waals surface area contributed by atoms with Gasteiger partial charge in [0.15, 0.2) is 23.4 Å². The molecule has 1 aromatic carbocycles. The number of aromatic nitrogens is 3. The molecule has 3 aromatic rings. The number of guanidine groups is 1.